The highest BCUT2D eigenvalue weighted by molar-refractivity contribution is 6.18. The smallest absolute Gasteiger partial charge is 0.0965 e. The van der Waals surface area contributed by atoms with Gasteiger partial charge in [0.1, 0.15) is 0 Å². The maximum Gasteiger partial charge on any atom is 0.244 e. The Morgan fingerprint density at radius 2 is 1.00 bits per heavy atom. The highest BCUT2D eigenvalue weighted by Crippen LogP contribution is 2.37. The van der Waals surface area contributed by atoms with Crippen LogP contribution in [0, 0.1) is 18.0 Å². The van der Waals surface area contributed by atoms with Gasteiger partial charge in [0, 0.05) is 0 Å². The molecule has 0 saturated carbocycles. The van der Waals surface area contributed by atoms with Gasteiger partial charge >= 0.3 is 0 Å². The molecule has 1 aromatic carbocycles. The number of hydrogen-bond donors (Lipinski definition) is 0. The molecule has 0 saturated heterocycles. The van der Waals surface area contributed by atoms with E-state index in [4.69, 9.17) is 9.98 Å². The zero-order valence-electron chi connectivity index (χ0n) is 23.9. The average Bonchev–Trinajstić information content (AvgIpc) is 3.44. The fourth-order valence-electron chi connectivity index (χ4n) is 5.77. The molecule has 1 aliphatic rings. The molecule has 1 heterocycles. The fraction of sp³-hybridized carbons (Fsp3) is 0.735. The van der Waals surface area contributed by atoms with Gasteiger partial charge in [0.2, 0.25) is 6.17 Å². The van der Waals surface area contributed by atoms with Crippen LogP contribution < -0.4 is 0 Å². The standard InChI is InChI=1S/C34H57N2/c1-3-5-7-9-10-11-12-13-14-15-16-17-18-23-27-33(34-35-28-29-36-34)32(26-22-8-6-4-2)30-31-24-20-19-21-25-31/h19-21,24-25,28-29,32-33H,3-18,22-23,26-27,30H2,1-2H3/q+1. The summed E-state index contributed by atoms with van der Waals surface area (Å²) >= 11 is 0. The van der Waals surface area contributed by atoms with Crippen LogP contribution in [-0.4, -0.2) is 12.4 Å². The molecular formula is C34H57N2+. The summed E-state index contributed by atoms with van der Waals surface area (Å²) in [4.78, 5) is 9.39. The molecule has 1 aromatic rings. The summed E-state index contributed by atoms with van der Waals surface area (Å²) in [5, 5.41) is 0. The van der Waals surface area contributed by atoms with Gasteiger partial charge < -0.3 is 0 Å². The van der Waals surface area contributed by atoms with Crippen LogP contribution in [0.15, 0.2) is 40.3 Å². The van der Waals surface area contributed by atoms with Crippen molar-refractivity contribution < 1.29 is 0 Å². The van der Waals surface area contributed by atoms with Crippen molar-refractivity contribution in [1.29, 1.82) is 0 Å². The van der Waals surface area contributed by atoms with Crippen molar-refractivity contribution in [3.63, 3.8) is 0 Å². The topological polar surface area (TPSA) is 24.7 Å². The molecule has 0 fully saturated rings. The van der Waals surface area contributed by atoms with Gasteiger partial charge in [-0.25, -0.2) is 0 Å². The van der Waals surface area contributed by atoms with Crippen molar-refractivity contribution in [1.82, 2.24) is 0 Å². The summed E-state index contributed by atoms with van der Waals surface area (Å²) in [6.45, 7) is 4.60. The third-order valence-corrected chi connectivity index (χ3v) is 8.02. The van der Waals surface area contributed by atoms with Gasteiger partial charge in [-0.2, -0.15) is 0 Å². The average molecular weight is 494 g/mol. The summed E-state index contributed by atoms with van der Waals surface area (Å²) in [6.07, 6.45) is 33.8. The van der Waals surface area contributed by atoms with E-state index in [-0.39, 0.29) is 0 Å². The van der Waals surface area contributed by atoms with E-state index in [1.807, 2.05) is 12.4 Å². The first-order chi connectivity index (χ1) is 17.8. The van der Waals surface area contributed by atoms with Crippen LogP contribution in [0.25, 0.3) is 0 Å². The minimum Gasteiger partial charge on any atom is -0.0965 e. The van der Waals surface area contributed by atoms with Crippen molar-refractivity contribution in [3.8, 4) is 0 Å². The van der Waals surface area contributed by atoms with Gasteiger partial charge in [0.25, 0.3) is 0 Å². The van der Waals surface area contributed by atoms with Crippen molar-refractivity contribution in [2.45, 2.75) is 149 Å². The van der Waals surface area contributed by atoms with Gasteiger partial charge in [-0.05, 0) is 30.7 Å². The lowest BCUT2D eigenvalue weighted by atomic mass is 9.78. The number of benzene rings is 1. The maximum absolute atomic E-state index is 4.70. The first-order valence-electron chi connectivity index (χ1n) is 15.8. The van der Waals surface area contributed by atoms with Gasteiger partial charge in [-0.1, -0.05) is 170 Å². The predicted molar refractivity (Wildman–Crippen MR) is 161 cm³/mol. The van der Waals surface area contributed by atoms with Crippen LogP contribution in [0.3, 0.4) is 0 Å². The summed E-state index contributed by atoms with van der Waals surface area (Å²) in [6, 6.07) is 11.1. The molecule has 2 nitrogen and oxygen atoms in total. The molecule has 0 aromatic heterocycles. The Hall–Kier alpha value is -1.57. The second kappa shape index (κ2) is 21.5. The van der Waals surface area contributed by atoms with Crippen molar-refractivity contribution in [3.05, 3.63) is 42.1 Å². The van der Waals surface area contributed by atoms with Crippen LogP contribution in [0.2, 0.25) is 0 Å². The van der Waals surface area contributed by atoms with E-state index in [0.29, 0.717) is 11.8 Å². The quantitative estimate of drug-likeness (QED) is 0.101. The normalized spacial score (nSPS) is 14.6. The Morgan fingerprint density at radius 1 is 0.556 bits per heavy atom. The Balaban J connectivity index is 1.68. The molecular weight excluding hydrogens is 436 g/mol. The Bertz CT molecular complexity index is 653. The molecule has 2 heteroatoms. The van der Waals surface area contributed by atoms with E-state index in [1.54, 1.807) is 0 Å². The molecule has 0 bridgehead atoms. The zero-order chi connectivity index (χ0) is 25.5. The first kappa shape index (κ1) is 30.7. The lowest BCUT2D eigenvalue weighted by molar-refractivity contribution is 0.284. The van der Waals surface area contributed by atoms with Gasteiger partial charge in [-0.15, -0.1) is 0 Å². The third kappa shape index (κ3) is 14.2. The van der Waals surface area contributed by atoms with E-state index in [9.17, 15) is 0 Å². The molecule has 202 valence electrons. The third-order valence-electron chi connectivity index (χ3n) is 8.02. The van der Waals surface area contributed by atoms with E-state index in [2.05, 4.69) is 44.2 Å². The minimum absolute atomic E-state index is 0.499. The monoisotopic (exact) mass is 493 g/mol. The van der Waals surface area contributed by atoms with E-state index >= 15 is 0 Å². The lowest BCUT2D eigenvalue weighted by Gasteiger charge is -2.26. The van der Waals surface area contributed by atoms with Crippen molar-refractivity contribution >= 4 is 12.4 Å². The van der Waals surface area contributed by atoms with Crippen LogP contribution in [0.5, 0.6) is 0 Å². The zero-order valence-corrected chi connectivity index (χ0v) is 23.9. The van der Waals surface area contributed by atoms with Crippen LogP contribution in [-0.2, 0) is 6.42 Å². The number of hydrogen-bond acceptors (Lipinski definition) is 2. The predicted octanol–water partition coefficient (Wildman–Crippen LogP) is 10.9. The molecule has 0 N–H and O–H groups in total. The number of rotatable bonds is 24. The highest BCUT2D eigenvalue weighted by atomic mass is 15.0. The van der Waals surface area contributed by atoms with E-state index < -0.39 is 0 Å². The minimum atomic E-state index is 0.499. The molecule has 0 spiro atoms. The molecule has 2 atom stereocenters. The molecule has 0 amide bonds. The second-order valence-electron chi connectivity index (χ2n) is 11.2. The first-order valence-corrected chi connectivity index (χ1v) is 15.8. The summed E-state index contributed by atoms with van der Waals surface area (Å²) in [5.74, 6) is 1.15. The Morgan fingerprint density at radius 3 is 1.53 bits per heavy atom. The fourth-order valence-corrected chi connectivity index (χ4v) is 5.77. The molecule has 0 aliphatic carbocycles. The summed E-state index contributed by atoms with van der Waals surface area (Å²) in [7, 11) is 0. The summed E-state index contributed by atoms with van der Waals surface area (Å²) < 4.78 is 0. The molecule has 2 rings (SSSR count). The van der Waals surface area contributed by atoms with Crippen LogP contribution >= 0.6 is 0 Å². The SMILES string of the molecule is CCCCCCCCCCCCCCCCC([C+]1N=CC=N1)C(CCCCCC)Cc1ccccc1. The second-order valence-corrected chi connectivity index (χ2v) is 11.2. The van der Waals surface area contributed by atoms with Gasteiger partial charge in [0.05, 0.1) is 5.92 Å². The van der Waals surface area contributed by atoms with Gasteiger partial charge in [0.15, 0.2) is 12.4 Å². The molecule has 2 unspecified atom stereocenters. The van der Waals surface area contributed by atoms with E-state index in [0.717, 1.165) is 12.6 Å². The number of nitrogens with zero attached hydrogens (tertiary/aromatic N) is 2. The molecule has 36 heavy (non-hydrogen) atoms. The number of unbranched alkanes of at least 4 members (excludes halogenated alkanes) is 16. The van der Waals surface area contributed by atoms with Crippen molar-refractivity contribution in [2.75, 3.05) is 0 Å². The Kier molecular flexibility index (Phi) is 18.3. The molecule has 0 radical (unpaired) electrons. The lowest BCUT2D eigenvalue weighted by Crippen LogP contribution is -2.22. The Labute approximate surface area is 224 Å². The van der Waals surface area contributed by atoms with Crippen LogP contribution in [0.1, 0.15) is 148 Å². The van der Waals surface area contributed by atoms with Gasteiger partial charge in [-0.3, -0.25) is 0 Å². The molecule has 1 aliphatic heterocycles. The summed E-state index contributed by atoms with van der Waals surface area (Å²) in [5.41, 5.74) is 1.47. The van der Waals surface area contributed by atoms with Crippen molar-refractivity contribution in [2.24, 2.45) is 21.8 Å². The number of aliphatic imine (C=N–C) groups is 2. The maximum atomic E-state index is 4.70. The van der Waals surface area contributed by atoms with Crippen LogP contribution in [0.4, 0.5) is 0 Å². The highest BCUT2D eigenvalue weighted by Gasteiger charge is 2.35. The van der Waals surface area contributed by atoms with E-state index in [1.165, 1.54) is 134 Å². The largest absolute Gasteiger partial charge is 0.244 e.